The topological polar surface area (TPSA) is 23.6 Å². The molecule has 1 heterocycles. The zero-order valence-corrected chi connectivity index (χ0v) is 14.8. The Morgan fingerprint density at radius 1 is 0.923 bits per heavy atom. The van der Waals surface area contributed by atoms with Gasteiger partial charge in [0, 0.05) is 37.4 Å². The van der Waals surface area contributed by atoms with Gasteiger partial charge in [0.25, 0.3) is 5.91 Å². The van der Waals surface area contributed by atoms with Crippen LogP contribution in [0.2, 0.25) is 0 Å². The zero-order chi connectivity index (χ0) is 18.9. The van der Waals surface area contributed by atoms with E-state index in [2.05, 4.69) is 30.9 Å². The van der Waals surface area contributed by atoms with E-state index in [4.69, 9.17) is 0 Å². The van der Waals surface area contributed by atoms with Crippen molar-refractivity contribution in [2.24, 2.45) is 0 Å². The van der Waals surface area contributed by atoms with Gasteiger partial charge in [-0.2, -0.15) is 13.2 Å². The third kappa shape index (κ3) is 3.69. The number of rotatable bonds is 2. The summed E-state index contributed by atoms with van der Waals surface area (Å²) in [5.41, 5.74) is 3.18. The van der Waals surface area contributed by atoms with Crippen molar-refractivity contribution in [3.63, 3.8) is 0 Å². The molecule has 26 heavy (non-hydrogen) atoms. The standard InChI is InChI=1S/C20H21F3N2O/c1-14-4-3-5-18(15(14)2)24-10-12-25(13-11-24)19(26)16-6-8-17(9-7-16)20(21,22)23/h3-9H,10-13H2,1-2H3. The molecule has 1 aliphatic heterocycles. The number of nitrogens with zero attached hydrogens (tertiary/aromatic N) is 2. The van der Waals surface area contributed by atoms with Gasteiger partial charge in [-0.1, -0.05) is 12.1 Å². The number of anilines is 1. The monoisotopic (exact) mass is 362 g/mol. The van der Waals surface area contributed by atoms with Gasteiger partial charge in [-0.15, -0.1) is 0 Å². The Balaban J connectivity index is 1.66. The molecule has 1 aliphatic rings. The summed E-state index contributed by atoms with van der Waals surface area (Å²) in [6.07, 6.45) is -4.39. The van der Waals surface area contributed by atoms with Gasteiger partial charge in [0.15, 0.2) is 0 Å². The van der Waals surface area contributed by atoms with Crippen molar-refractivity contribution < 1.29 is 18.0 Å². The summed E-state index contributed by atoms with van der Waals surface area (Å²) in [5.74, 6) is -0.223. The number of aryl methyl sites for hydroxylation is 1. The van der Waals surface area contributed by atoms with Crippen molar-refractivity contribution in [1.29, 1.82) is 0 Å². The summed E-state index contributed by atoms with van der Waals surface area (Å²) in [6.45, 7) is 6.67. The Morgan fingerprint density at radius 2 is 1.54 bits per heavy atom. The lowest BCUT2D eigenvalue weighted by molar-refractivity contribution is -0.137. The second-order valence-electron chi connectivity index (χ2n) is 6.57. The zero-order valence-electron chi connectivity index (χ0n) is 14.8. The van der Waals surface area contributed by atoms with E-state index in [0.29, 0.717) is 26.2 Å². The van der Waals surface area contributed by atoms with Crippen LogP contribution < -0.4 is 4.90 Å². The van der Waals surface area contributed by atoms with E-state index in [1.807, 2.05) is 6.07 Å². The maximum atomic E-state index is 12.6. The molecule has 1 fully saturated rings. The van der Waals surface area contributed by atoms with Gasteiger partial charge in [0.1, 0.15) is 0 Å². The number of hydrogen-bond acceptors (Lipinski definition) is 2. The second kappa shape index (κ2) is 7.02. The van der Waals surface area contributed by atoms with Crippen LogP contribution in [0.25, 0.3) is 0 Å². The van der Waals surface area contributed by atoms with Crippen LogP contribution in [-0.2, 0) is 6.18 Å². The number of halogens is 3. The van der Waals surface area contributed by atoms with Crippen LogP contribution in [0.3, 0.4) is 0 Å². The molecule has 0 N–H and O–H groups in total. The lowest BCUT2D eigenvalue weighted by Gasteiger charge is -2.37. The molecule has 1 amide bonds. The third-order valence-corrected chi connectivity index (χ3v) is 4.94. The molecule has 0 radical (unpaired) electrons. The van der Waals surface area contributed by atoms with Gasteiger partial charge in [-0.25, -0.2) is 0 Å². The van der Waals surface area contributed by atoms with Crippen LogP contribution in [0.4, 0.5) is 18.9 Å². The Bertz CT molecular complexity index is 792. The number of piperazine rings is 1. The molecule has 0 aromatic heterocycles. The van der Waals surface area contributed by atoms with Gasteiger partial charge in [0.2, 0.25) is 0 Å². The first kappa shape index (κ1) is 18.3. The molecule has 138 valence electrons. The first-order valence-electron chi connectivity index (χ1n) is 8.55. The highest BCUT2D eigenvalue weighted by Crippen LogP contribution is 2.29. The van der Waals surface area contributed by atoms with E-state index in [9.17, 15) is 18.0 Å². The highest BCUT2D eigenvalue weighted by Gasteiger charge is 2.30. The van der Waals surface area contributed by atoms with Crippen LogP contribution in [0.1, 0.15) is 27.0 Å². The molecule has 0 atom stereocenters. The largest absolute Gasteiger partial charge is 0.416 e. The highest BCUT2D eigenvalue weighted by atomic mass is 19.4. The summed E-state index contributed by atoms with van der Waals surface area (Å²) in [5, 5.41) is 0. The van der Waals surface area contributed by atoms with E-state index in [0.717, 1.165) is 12.1 Å². The number of benzene rings is 2. The number of alkyl halides is 3. The molecule has 2 aromatic rings. The Labute approximate surface area is 151 Å². The number of carbonyl (C=O) groups is 1. The fourth-order valence-electron chi connectivity index (χ4n) is 3.21. The van der Waals surface area contributed by atoms with Gasteiger partial charge in [0.05, 0.1) is 5.56 Å². The SMILES string of the molecule is Cc1cccc(N2CCN(C(=O)c3ccc(C(F)(F)F)cc3)CC2)c1C. The van der Waals surface area contributed by atoms with Crippen LogP contribution in [0, 0.1) is 13.8 Å². The normalized spacial score (nSPS) is 15.3. The fourth-order valence-corrected chi connectivity index (χ4v) is 3.21. The summed E-state index contributed by atoms with van der Waals surface area (Å²) < 4.78 is 37.9. The summed E-state index contributed by atoms with van der Waals surface area (Å²) >= 11 is 0. The summed E-state index contributed by atoms with van der Waals surface area (Å²) in [4.78, 5) is 16.5. The van der Waals surface area contributed by atoms with Crippen LogP contribution >= 0.6 is 0 Å². The molecule has 0 aliphatic carbocycles. The molecule has 0 unspecified atom stereocenters. The molecule has 0 bridgehead atoms. The van der Waals surface area contributed by atoms with Crippen molar-refractivity contribution in [2.75, 3.05) is 31.1 Å². The Hall–Kier alpha value is -2.50. The van der Waals surface area contributed by atoms with Crippen LogP contribution in [0.15, 0.2) is 42.5 Å². The second-order valence-corrected chi connectivity index (χ2v) is 6.57. The lowest BCUT2D eigenvalue weighted by atomic mass is 10.1. The smallest absolute Gasteiger partial charge is 0.368 e. The van der Waals surface area contributed by atoms with E-state index in [1.165, 1.54) is 28.9 Å². The molecule has 3 rings (SSSR count). The van der Waals surface area contributed by atoms with Gasteiger partial charge < -0.3 is 9.80 Å². The van der Waals surface area contributed by atoms with E-state index < -0.39 is 11.7 Å². The van der Waals surface area contributed by atoms with E-state index in [1.54, 1.807) is 4.90 Å². The highest BCUT2D eigenvalue weighted by molar-refractivity contribution is 5.94. The quantitative estimate of drug-likeness (QED) is 0.796. The predicted molar refractivity (Wildman–Crippen MR) is 95.5 cm³/mol. The molecular weight excluding hydrogens is 341 g/mol. The van der Waals surface area contributed by atoms with Crippen LogP contribution in [-0.4, -0.2) is 37.0 Å². The first-order valence-corrected chi connectivity index (χ1v) is 8.55. The minimum Gasteiger partial charge on any atom is -0.368 e. The molecule has 2 aromatic carbocycles. The average molecular weight is 362 g/mol. The minimum atomic E-state index is -4.39. The predicted octanol–water partition coefficient (Wildman–Crippen LogP) is 4.28. The molecular formula is C20H21F3N2O. The minimum absolute atomic E-state index is 0.223. The van der Waals surface area contributed by atoms with Crippen molar-refractivity contribution in [3.05, 3.63) is 64.7 Å². The van der Waals surface area contributed by atoms with Crippen LogP contribution in [0.5, 0.6) is 0 Å². The Morgan fingerprint density at radius 3 is 2.12 bits per heavy atom. The fraction of sp³-hybridized carbons (Fsp3) is 0.350. The van der Waals surface area contributed by atoms with Gasteiger partial charge in [-0.3, -0.25) is 4.79 Å². The van der Waals surface area contributed by atoms with Crippen molar-refractivity contribution in [1.82, 2.24) is 4.90 Å². The molecule has 0 saturated carbocycles. The Kier molecular flexibility index (Phi) is 4.94. The lowest BCUT2D eigenvalue weighted by Crippen LogP contribution is -2.49. The van der Waals surface area contributed by atoms with Crippen molar-refractivity contribution >= 4 is 11.6 Å². The maximum absolute atomic E-state index is 12.6. The number of hydrogen-bond donors (Lipinski definition) is 0. The van der Waals surface area contributed by atoms with Crippen molar-refractivity contribution in [3.8, 4) is 0 Å². The average Bonchev–Trinajstić information content (AvgIpc) is 2.63. The first-order chi connectivity index (χ1) is 12.3. The number of amides is 1. The summed E-state index contributed by atoms with van der Waals surface area (Å²) in [7, 11) is 0. The van der Waals surface area contributed by atoms with Gasteiger partial charge in [-0.05, 0) is 55.3 Å². The molecule has 3 nitrogen and oxygen atoms in total. The van der Waals surface area contributed by atoms with Crippen molar-refractivity contribution in [2.45, 2.75) is 20.0 Å². The summed E-state index contributed by atoms with van der Waals surface area (Å²) in [6, 6.07) is 10.6. The van der Waals surface area contributed by atoms with E-state index in [-0.39, 0.29) is 11.5 Å². The molecule has 1 saturated heterocycles. The van der Waals surface area contributed by atoms with E-state index >= 15 is 0 Å². The molecule has 6 heteroatoms. The number of carbonyl (C=O) groups excluding carboxylic acids is 1. The maximum Gasteiger partial charge on any atom is 0.416 e. The van der Waals surface area contributed by atoms with Gasteiger partial charge >= 0.3 is 6.18 Å². The third-order valence-electron chi connectivity index (χ3n) is 4.94. The molecule has 0 spiro atoms.